The topological polar surface area (TPSA) is 35.5 Å². The molecule has 0 N–H and O–H groups in total. The lowest BCUT2D eigenvalue weighted by atomic mass is 9.96. The Morgan fingerprint density at radius 2 is 2.20 bits per heavy atom. The van der Waals surface area contributed by atoms with Crippen LogP contribution in [0.15, 0.2) is 12.2 Å². The van der Waals surface area contributed by atoms with Gasteiger partial charge in [-0.15, -0.1) is 0 Å². The number of methoxy groups -OCH3 is 1. The van der Waals surface area contributed by atoms with Crippen LogP contribution in [0, 0.1) is 5.92 Å². The Labute approximate surface area is 91.4 Å². The van der Waals surface area contributed by atoms with Gasteiger partial charge < -0.3 is 9.47 Å². The monoisotopic (exact) mass is 212 g/mol. The predicted molar refractivity (Wildman–Crippen MR) is 58.5 cm³/mol. The van der Waals surface area contributed by atoms with Crippen LogP contribution >= 0.6 is 0 Å². The molecule has 0 fully saturated rings. The average molecular weight is 212 g/mol. The number of unbranched alkanes of at least 4 members (excludes halogenated alkanes) is 1. The summed E-state index contributed by atoms with van der Waals surface area (Å²) in [6.45, 7) is 4.27. The van der Waals surface area contributed by atoms with Crippen molar-refractivity contribution in [3.8, 4) is 0 Å². The van der Waals surface area contributed by atoms with E-state index in [-0.39, 0.29) is 12.1 Å². The Bertz CT molecular complexity index is 235. The summed E-state index contributed by atoms with van der Waals surface area (Å²) < 4.78 is 10.4. The van der Waals surface area contributed by atoms with E-state index in [9.17, 15) is 4.79 Å². The molecule has 1 aliphatic rings. The Hall–Kier alpha value is -0.830. The van der Waals surface area contributed by atoms with Gasteiger partial charge in [-0.3, -0.25) is 0 Å². The number of esters is 1. The molecule has 3 nitrogen and oxygen atoms in total. The molecule has 0 spiro atoms. The molecule has 0 unspecified atom stereocenters. The second-order valence-corrected chi connectivity index (χ2v) is 4.00. The van der Waals surface area contributed by atoms with Crippen molar-refractivity contribution in [2.75, 3.05) is 7.11 Å². The summed E-state index contributed by atoms with van der Waals surface area (Å²) in [6.07, 6.45) is 6.78. The quantitative estimate of drug-likeness (QED) is 0.530. The zero-order chi connectivity index (χ0) is 11.3. The van der Waals surface area contributed by atoms with Gasteiger partial charge in [-0.2, -0.15) is 0 Å². The SMILES string of the molecule is CCCC[C@H]1O[C@H](C(=O)OC)C=C[C@@H]1C. The zero-order valence-corrected chi connectivity index (χ0v) is 9.73. The van der Waals surface area contributed by atoms with E-state index >= 15 is 0 Å². The summed E-state index contributed by atoms with van der Waals surface area (Å²) in [7, 11) is 1.39. The first-order valence-corrected chi connectivity index (χ1v) is 5.60. The minimum atomic E-state index is -0.506. The van der Waals surface area contributed by atoms with Gasteiger partial charge in [-0.1, -0.05) is 32.8 Å². The maximum Gasteiger partial charge on any atom is 0.339 e. The normalized spacial score (nSPS) is 30.2. The summed E-state index contributed by atoms with van der Waals surface area (Å²) in [5.41, 5.74) is 0. The molecule has 0 aromatic carbocycles. The van der Waals surface area contributed by atoms with Crippen molar-refractivity contribution in [3.63, 3.8) is 0 Å². The van der Waals surface area contributed by atoms with Crippen LogP contribution < -0.4 is 0 Å². The molecule has 0 radical (unpaired) electrons. The van der Waals surface area contributed by atoms with Crippen LogP contribution in [-0.2, 0) is 14.3 Å². The standard InChI is InChI=1S/C12H20O3/c1-4-5-6-10-9(2)7-8-11(15-10)12(13)14-3/h7-11H,4-6H2,1-3H3/t9-,10+,11-/m0/s1. The molecule has 1 rings (SSSR count). The lowest BCUT2D eigenvalue weighted by Crippen LogP contribution is -2.35. The van der Waals surface area contributed by atoms with Gasteiger partial charge in [0.1, 0.15) is 0 Å². The van der Waals surface area contributed by atoms with Crippen molar-refractivity contribution in [1.82, 2.24) is 0 Å². The summed E-state index contributed by atoms with van der Waals surface area (Å²) in [6, 6.07) is 0. The highest BCUT2D eigenvalue weighted by Crippen LogP contribution is 2.23. The fourth-order valence-electron chi connectivity index (χ4n) is 1.74. The van der Waals surface area contributed by atoms with Crippen molar-refractivity contribution >= 4 is 5.97 Å². The van der Waals surface area contributed by atoms with Crippen LogP contribution in [-0.4, -0.2) is 25.3 Å². The minimum absolute atomic E-state index is 0.152. The van der Waals surface area contributed by atoms with Crippen LogP contribution in [0.1, 0.15) is 33.1 Å². The van der Waals surface area contributed by atoms with Gasteiger partial charge in [-0.25, -0.2) is 4.79 Å². The van der Waals surface area contributed by atoms with Crippen molar-refractivity contribution in [3.05, 3.63) is 12.2 Å². The van der Waals surface area contributed by atoms with Gasteiger partial charge in [-0.05, 0) is 12.5 Å². The van der Waals surface area contributed by atoms with Crippen LogP contribution in [0.5, 0.6) is 0 Å². The summed E-state index contributed by atoms with van der Waals surface area (Å²) in [5, 5.41) is 0. The van der Waals surface area contributed by atoms with E-state index in [1.807, 2.05) is 6.08 Å². The Kier molecular flexibility index (Phi) is 4.82. The number of hydrogen-bond donors (Lipinski definition) is 0. The first kappa shape index (κ1) is 12.2. The fraction of sp³-hybridized carbons (Fsp3) is 0.750. The van der Waals surface area contributed by atoms with E-state index < -0.39 is 6.10 Å². The van der Waals surface area contributed by atoms with Crippen molar-refractivity contribution in [1.29, 1.82) is 0 Å². The van der Waals surface area contributed by atoms with E-state index in [0.717, 1.165) is 19.3 Å². The molecule has 1 heterocycles. The zero-order valence-electron chi connectivity index (χ0n) is 9.73. The molecule has 0 aliphatic carbocycles. The fourth-order valence-corrected chi connectivity index (χ4v) is 1.74. The maximum absolute atomic E-state index is 11.3. The highest BCUT2D eigenvalue weighted by Gasteiger charge is 2.28. The van der Waals surface area contributed by atoms with Gasteiger partial charge in [0.05, 0.1) is 13.2 Å². The second kappa shape index (κ2) is 5.91. The predicted octanol–water partition coefficient (Wildman–Crippen LogP) is 2.31. The molecule has 0 aromatic rings. The highest BCUT2D eigenvalue weighted by atomic mass is 16.6. The van der Waals surface area contributed by atoms with Gasteiger partial charge in [0.25, 0.3) is 0 Å². The first-order valence-electron chi connectivity index (χ1n) is 5.60. The molecule has 3 atom stereocenters. The third kappa shape index (κ3) is 3.34. The molecule has 0 bridgehead atoms. The highest BCUT2D eigenvalue weighted by molar-refractivity contribution is 5.76. The Balaban J connectivity index is 2.53. The second-order valence-electron chi connectivity index (χ2n) is 4.00. The largest absolute Gasteiger partial charge is 0.467 e. The third-order valence-electron chi connectivity index (χ3n) is 2.77. The van der Waals surface area contributed by atoms with Crippen molar-refractivity contribution < 1.29 is 14.3 Å². The van der Waals surface area contributed by atoms with Gasteiger partial charge in [0, 0.05) is 5.92 Å². The van der Waals surface area contributed by atoms with E-state index in [1.165, 1.54) is 7.11 Å². The van der Waals surface area contributed by atoms with Crippen LogP contribution in [0.2, 0.25) is 0 Å². The molecule has 86 valence electrons. The first-order chi connectivity index (χ1) is 7.19. The molecule has 0 amide bonds. The van der Waals surface area contributed by atoms with Crippen LogP contribution in [0.4, 0.5) is 0 Å². The molecule has 0 aromatic heterocycles. The Morgan fingerprint density at radius 3 is 2.80 bits per heavy atom. The summed E-state index contributed by atoms with van der Waals surface area (Å²) >= 11 is 0. The molecule has 15 heavy (non-hydrogen) atoms. The van der Waals surface area contributed by atoms with Gasteiger partial charge in [0.15, 0.2) is 6.10 Å². The van der Waals surface area contributed by atoms with E-state index in [0.29, 0.717) is 5.92 Å². The van der Waals surface area contributed by atoms with E-state index in [4.69, 9.17) is 4.74 Å². The number of carbonyl (C=O) groups excluding carboxylic acids is 1. The van der Waals surface area contributed by atoms with E-state index in [1.54, 1.807) is 6.08 Å². The number of ether oxygens (including phenoxy) is 2. The van der Waals surface area contributed by atoms with Crippen LogP contribution in [0.3, 0.4) is 0 Å². The van der Waals surface area contributed by atoms with Crippen molar-refractivity contribution in [2.45, 2.75) is 45.3 Å². The number of carbonyl (C=O) groups is 1. The molecule has 0 saturated heterocycles. The lowest BCUT2D eigenvalue weighted by Gasteiger charge is -2.29. The summed E-state index contributed by atoms with van der Waals surface area (Å²) in [5.74, 6) is 0.0807. The molecule has 0 saturated carbocycles. The van der Waals surface area contributed by atoms with Crippen molar-refractivity contribution in [2.24, 2.45) is 5.92 Å². The third-order valence-corrected chi connectivity index (χ3v) is 2.77. The Morgan fingerprint density at radius 1 is 1.47 bits per heavy atom. The van der Waals surface area contributed by atoms with Gasteiger partial charge >= 0.3 is 5.97 Å². The average Bonchev–Trinajstić information content (AvgIpc) is 2.27. The molecule has 3 heteroatoms. The minimum Gasteiger partial charge on any atom is -0.467 e. The smallest absolute Gasteiger partial charge is 0.339 e. The summed E-state index contributed by atoms with van der Waals surface area (Å²) in [4.78, 5) is 11.3. The lowest BCUT2D eigenvalue weighted by molar-refractivity contribution is -0.156. The molecule has 1 aliphatic heterocycles. The number of hydrogen-bond acceptors (Lipinski definition) is 3. The van der Waals surface area contributed by atoms with Crippen LogP contribution in [0.25, 0.3) is 0 Å². The van der Waals surface area contributed by atoms with E-state index in [2.05, 4.69) is 18.6 Å². The molecular weight excluding hydrogens is 192 g/mol. The number of rotatable bonds is 4. The maximum atomic E-state index is 11.3. The molecular formula is C12H20O3. The van der Waals surface area contributed by atoms with Gasteiger partial charge in [0.2, 0.25) is 0 Å².